The van der Waals surface area contributed by atoms with Crippen LogP contribution in [0.5, 0.6) is 5.75 Å². The van der Waals surface area contributed by atoms with Gasteiger partial charge in [-0.05, 0) is 50.6 Å². The average molecular weight is 461 g/mol. The molecule has 1 heterocycles. The zero-order chi connectivity index (χ0) is 22.3. The largest absolute Gasteiger partial charge is 0.492 e. The minimum Gasteiger partial charge on any atom is -0.492 e. The fraction of sp³-hybridized carbons (Fsp3) is 0.391. The third-order valence-electron chi connectivity index (χ3n) is 4.18. The number of ether oxygens (including phenoxy) is 1. The molecule has 0 saturated heterocycles. The summed E-state index contributed by atoms with van der Waals surface area (Å²) in [6.45, 7) is 2.85. The van der Waals surface area contributed by atoms with Crippen molar-refractivity contribution < 1.29 is 9.53 Å². The maximum absolute atomic E-state index is 11.9. The molecule has 0 atom stereocenters. The van der Waals surface area contributed by atoms with Crippen LogP contribution in [-0.2, 0) is 17.9 Å². The van der Waals surface area contributed by atoms with E-state index in [-0.39, 0.29) is 5.91 Å². The molecule has 1 amide bonds. The number of nitrogens with one attached hydrogen (secondary N) is 3. The minimum absolute atomic E-state index is 0.00621. The summed E-state index contributed by atoms with van der Waals surface area (Å²) in [5.41, 5.74) is 1.17. The van der Waals surface area contributed by atoms with Gasteiger partial charge in [0.1, 0.15) is 5.75 Å². The Morgan fingerprint density at radius 1 is 1.23 bits per heavy atom. The van der Waals surface area contributed by atoms with Crippen molar-refractivity contribution in [1.29, 1.82) is 0 Å². The van der Waals surface area contributed by atoms with Gasteiger partial charge in [-0.3, -0.25) is 4.79 Å². The van der Waals surface area contributed by atoms with Crippen LogP contribution in [0.1, 0.15) is 29.7 Å². The zero-order valence-corrected chi connectivity index (χ0v) is 19.9. The molecule has 0 saturated carbocycles. The Bertz CT molecular complexity index is 822. The Balaban J connectivity index is 1.46. The molecular weight excluding hydrogens is 428 g/mol. The number of amides is 1. The topological polar surface area (TPSA) is 65.6 Å². The fourth-order valence-electron chi connectivity index (χ4n) is 2.67. The van der Waals surface area contributed by atoms with Crippen molar-refractivity contribution in [3.05, 3.63) is 64.5 Å². The summed E-state index contributed by atoms with van der Waals surface area (Å²) < 4.78 is 5.73. The van der Waals surface area contributed by atoms with E-state index in [2.05, 4.69) is 41.0 Å². The molecule has 0 fully saturated rings. The van der Waals surface area contributed by atoms with Crippen LogP contribution < -0.4 is 20.7 Å². The molecule has 1 aromatic carbocycles. The highest BCUT2D eigenvalue weighted by molar-refractivity contribution is 7.80. The van der Waals surface area contributed by atoms with E-state index < -0.39 is 0 Å². The molecule has 8 heteroatoms. The van der Waals surface area contributed by atoms with Gasteiger partial charge in [0.15, 0.2) is 5.11 Å². The predicted octanol–water partition coefficient (Wildman–Crippen LogP) is 3.65. The Morgan fingerprint density at radius 2 is 2.03 bits per heavy atom. The van der Waals surface area contributed by atoms with Gasteiger partial charge in [-0.15, -0.1) is 11.3 Å². The zero-order valence-electron chi connectivity index (χ0n) is 18.2. The number of benzene rings is 1. The van der Waals surface area contributed by atoms with Gasteiger partial charge in [0, 0.05) is 42.7 Å². The molecule has 2 rings (SSSR count). The lowest BCUT2D eigenvalue weighted by Crippen LogP contribution is -2.35. The van der Waals surface area contributed by atoms with Crippen LogP contribution in [0.4, 0.5) is 0 Å². The number of thiocarbonyl (C=S) groups is 1. The summed E-state index contributed by atoms with van der Waals surface area (Å²) in [7, 11) is 4.10. The van der Waals surface area contributed by atoms with E-state index in [0.717, 1.165) is 18.7 Å². The van der Waals surface area contributed by atoms with E-state index in [1.807, 2.05) is 41.8 Å². The molecule has 0 aliphatic heterocycles. The lowest BCUT2D eigenvalue weighted by molar-refractivity contribution is -0.120. The number of carbonyl (C=O) groups is 1. The van der Waals surface area contributed by atoms with Crippen molar-refractivity contribution in [2.24, 2.45) is 0 Å². The highest BCUT2D eigenvalue weighted by Crippen LogP contribution is 2.22. The second-order valence-electron chi connectivity index (χ2n) is 7.29. The predicted molar refractivity (Wildman–Crippen MR) is 132 cm³/mol. The van der Waals surface area contributed by atoms with Crippen LogP contribution in [0.2, 0.25) is 0 Å². The summed E-state index contributed by atoms with van der Waals surface area (Å²) in [6.07, 6.45) is 5.49. The van der Waals surface area contributed by atoms with Gasteiger partial charge in [-0.2, -0.15) is 0 Å². The van der Waals surface area contributed by atoms with Gasteiger partial charge in [-0.25, -0.2) is 0 Å². The van der Waals surface area contributed by atoms with Gasteiger partial charge in [0.2, 0.25) is 5.91 Å². The standard InChI is InChI=1S/C23H32N4O2S2/c1-27(2)17-21-15-20(18-31-21)29-14-7-6-12-24-22(28)11-8-13-25-23(30)26-16-19-9-4-3-5-10-19/h3-6,9-10,12,15,18H,7-8,11,13-14,16-17H2,1-2H3,(H,24,28)(H2,25,26,30)/b12-6-. The van der Waals surface area contributed by atoms with Gasteiger partial charge in [-0.1, -0.05) is 36.4 Å². The number of hydrogen-bond donors (Lipinski definition) is 3. The second-order valence-corrected chi connectivity index (χ2v) is 8.70. The average Bonchev–Trinajstić information content (AvgIpc) is 3.19. The van der Waals surface area contributed by atoms with Gasteiger partial charge in [0.25, 0.3) is 0 Å². The number of hydrogen-bond acceptors (Lipinski definition) is 5. The maximum atomic E-state index is 11.9. The first-order chi connectivity index (χ1) is 15.0. The molecule has 0 unspecified atom stereocenters. The normalized spacial score (nSPS) is 10.9. The van der Waals surface area contributed by atoms with E-state index in [1.54, 1.807) is 17.5 Å². The molecule has 0 bridgehead atoms. The molecule has 0 aliphatic carbocycles. The first kappa shape index (κ1) is 24.8. The van der Waals surface area contributed by atoms with Crippen LogP contribution in [0, 0.1) is 0 Å². The molecule has 3 N–H and O–H groups in total. The molecule has 1 aromatic heterocycles. The van der Waals surface area contributed by atoms with Crippen LogP contribution in [0.25, 0.3) is 0 Å². The van der Waals surface area contributed by atoms with Gasteiger partial charge >= 0.3 is 0 Å². The van der Waals surface area contributed by atoms with Crippen molar-refractivity contribution in [2.75, 3.05) is 27.2 Å². The van der Waals surface area contributed by atoms with Crippen molar-refractivity contribution >= 4 is 34.6 Å². The van der Waals surface area contributed by atoms with Crippen molar-refractivity contribution in [2.45, 2.75) is 32.4 Å². The highest BCUT2D eigenvalue weighted by Gasteiger charge is 2.02. The third-order valence-corrected chi connectivity index (χ3v) is 5.37. The smallest absolute Gasteiger partial charge is 0.223 e. The Morgan fingerprint density at radius 3 is 2.81 bits per heavy atom. The molecule has 0 aliphatic rings. The van der Waals surface area contributed by atoms with E-state index in [1.165, 1.54) is 10.4 Å². The summed E-state index contributed by atoms with van der Waals surface area (Å²) >= 11 is 6.95. The quantitative estimate of drug-likeness (QED) is 0.313. The van der Waals surface area contributed by atoms with Crippen molar-refractivity contribution in [3.8, 4) is 5.75 Å². The Hall–Kier alpha value is -2.42. The van der Waals surface area contributed by atoms with Crippen LogP contribution in [-0.4, -0.2) is 43.2 Å². The number of thiophene rings is 1. The van der Waals surface area contributed by atoms with Gasteiger partial charge in [0.05, 0.1) is 6.61 Å². The molecule has 6 nitrogen and oxygen atoms in total. The van der Waals surface area contributed by atoms with E-state index in [9.17, 15) is 4.79 Å². The first-order valence-corrected chi connectivity index (χ1v) is 11.7. The fourth-order valence-corrected chi connectivity index (χ4v) is 3.77. The maximum Gasteiger partial charge on any atom is 0.223 e. The van der Waals surface area contributed by atoms with Crippen molar-refractivity contribution in [3.63, 3.8) is 0 Å². The van der Waals surface area contributed by atoms with Gasteiger partial charge < -0.3 is 25.6 Å². The summed E-state index contributed by atoms with van der Waals surface area (Å²) in [5.74, 6) is 0.899. The van der Waals surface area contributed by atoms with Crippen LogP contribution in [0.15, 0.2) is 54.1 Å². The first-order valence-electron chi connectivity index (χ1n) is 10.4. The SMILES string of the molecule is CN(C)Cc1cc(OCC/C=C\NC(=O)CCCNC(=S)NCc2ccccc2)cs1. The van der Waals surface area contributed by atoms with E-state index in [0.29, 0.717) is 37.7 Å². The Kier molecular flexibility index (Phi) is 11.7. The lowest BCUT2D eigenvalue weighted by atomic mass is 10.2. The molecular formula is C23H32N4O2S2. The van der Waals surface area contributed by atoms with Crippen LogP contribution >= 0.6 is 23.6 Å². The third kappa shape index (κ3) is 11.5. The minimum atomic E-state index is -0.00621. The molecule has 0 radical (unpaired) electrons. The second kappa shape index (κ2) is 14.6. The van der Waals surface area contributed by atoms with Crippen molar-refractivity contribution in [1.82, 2.24) is 20.9 Å². The van der Waals surface area contributed by atoms with E-state index in [4.69, 9.17) is 17.0 Å². The summed E-state index contributed by atoms with van der Waals surface area (Å²) in [6, 6.07) is 12.2. The van der Waals surface area contributed by atoms with E-state index >= 15 is 0 Å². The van der Waals surface area contributed by atoms with Crippen LogP contribution in [0.3, 0.4) is 0 Å². The summed E-state index contributed by atoms with van der Waals surface area (Å²) in [5, 5.41) is 11.7. The lowest BCUT2D eigenvalue weighted by Gasteiger charge is -2.10. The number of rotatable bonds is 13. The number of carbonyl (C=O) groups excluding carboxylic acids is 1. The number of nitrogens with zero attached hydrogens (tertiary/aromatic N) is 1. The Labute approximate surface area is 194 Å². The highest BCUT2D eigenvalue weighted by atomic mass is 32.1. The molecule has 0 spiro atoms. The monoisotopic (exact) mass is 460 g/mol. The molecule has 168 valence electrons. The summed E-state index contributed by atoms with van der Waals surface area (Å²) in [4.78, 5) is 15.3. The molecule has 2 aromatic rings. The molecule has 31 heavy (non-hydrogen) atoms.